The van der Waals surface area contributed by atoms with Gasteiger partial charge in [-0.25, -0.2) is 4.98 Å². The van der Waals surface area contributed by atoms with Gasteiger partial charge in [0.2, 0.25) is 5.91 Å². The number of nitrogens with one attached hydrogen (secondary N) is 1. The van der Waals surface area contributed by atoms with E-state index in [-0.39, 0.29) is 11.8 Å². The van der Waals surface area contributed by atoms with Crippen LogP contribution in [0.15, 0.2) is 67.0 Å². The third-order valence-electron chi connectivity index (χ3n) is 5.00. The second kappa shape index (κ2) is 10.4. The number of para-hydroxylation sites is 1. The minimum absolute atomic E-state index is 0.187. The Hall–Kier alpha value is -3.61. The smallest absolute Gasteiger partial charge is 0.254 e. The fourth-order valence-electron chi connectivity index (χ4n) is 3.16. The fraction of sp³-hybridized carbons (Fsp3) is 0.292. The number of rotatable bonds is 9. The van der Waals surface area contributed by atoms with E-state index < -0.39 is 6.04 Å². The molecule has 162 valence electrons. The zero-order valence-electron chi connectivity index (χ0n) is 18.1. The van der Waals surface area contributed by atoms with E-state index in [9.17, 15) is 9.59 Å². The van der Waals surface area contributed by atoms with Crippen molar-refractivity contribution in [3.05, 3.63) is 78.4 Å². The number of benzene rings is 2. The van der Waals surface area contributed by atoms with Gasteiger partial charge < -0.3 is 19.5 Å². The lowest BCUT2D eigenvalue weighted by molar-refractivity contribution is -0.120. The van der Waals surface area contributed by atoms with Gasteiger partial charge >= 0.3 is 0 Å². The highest BCUT2D eigenvalue weighted by molar-refractivity contribution is 6.01. The maximum absolute atomic E-state index is 13.1. The average molecular weight is 421 g/mol. The zero-order valence-corrected chi connectivity index (χ0v) is 18.1. The van der Waals surface area contributed by atoms with Crippen molar-refractivity contribution < 1.29 is 14.3 Å². The van der Waals surface area contributed by atoms with Crippen LogP contribution < -0.4 is 10.1 Å². The van der Waals surface area contributed by atoms with Gasteiger partial charge in [-0.05, 0) is 49.7 Å². The minimum Gasteiger partial charge on any atom is -0.486 e. The number of hydrogen-bond acceptors (Lipinski definition) is 4. The summed E-state index contributed by atoms with van der Waals surface area (Å²) in [5.41, 5.74) is 1.22. The molecule has 2 amide bonds. The Kier molecular flexibility index (Phi) is 7.43. The van der Waals surface area contributed by atoms with Crippen LogP contribution in [0.2, 0.25) is 0 Å². The van der Waals surface area contributed by atoms with Crippen molar-refractivity contribution in [1.82, 2.24) is 14.5 Å². The van der Waals surface area contributed by atoms with Gasteiger partial charge in [0.05, 0.1) is 0 Å². The molecule has 3 rings (SSSR count). The molecule has 1 aromatic heterocycles. The van der Waals surface area contributed by atoms with Gasteiger partial charge in [0.15, 0.2) is 0 Å². The molecule has 0 bridgehead atoms. The molecule has 1 atom stereocenters. The second-order valence-corrected chi connectivity index (χ2v) is 7.30. The number of ether oxygens (including phenoxy) is 1. The average Bonchev–Trinajstić information content (AvgIpc) is 3.21. The number of carbonyl (C=O) groups excluding carboxylic acids is 2. The molecule has 7 heteroatoms. The molecule has 0 saturated heterocycles. The topological polar surface area (TPSA) is 76.5 Å². The number of aryl methyl sites for hydroxylation is 1. The lowest BCUT2D eigenvalue weighted by atomic mass is 10.1. The first-order valence-corrected chi connectivity index (χ1v) is 10.4. The molecule has 3 aromatic rings. The van der Waals surface area contributed by atoms with E-state index in [0.717, 1.165) is 12.2 Å². The largest absolute Gasteiger partial charge is 0.486 e. The fourth-order valence-corrected chi connectivity index (χ4v) is 3.16. The molecule has 0 fully saturated rings. The van der Waals surface area contributed by atoms with Crippen molar-refractivity contribution in [3.63, 3.8) is 0 Å². The molecule has 7 nitrogen and oxygen atoms in total. The normalized spacial score (nSPS) is 11.6. The summed E-state index contributed by atoms with van der Waals surface area (Å²) in [6, 6.07) is 15.6. The standard InChI is InChI=1S/C24H28N4O3/c1-4-15-28(18(2)23(29)26-20-8-6-5-7-9-20)24(30)19-10-12-21(13-11-19)31-17-22-25-14-16-27(22)3/h5-14,16,18H,4,15,17H2,1-3H3,(H,26,29). The molecule has 0 aliphatic carbocycles. The van der Waals surface area contributed by atoms with Gasteiger partial charge in [0, 0.05) is 37.2 Å². The highest BCUT2D eigenvalue weighted by Gasteiger charge is 2.26. The first-order valence-electron chi connectivity index (χ1n) is 10.4. The molecule has 1 heterocycles. The van der Waals surface area contributed by atoms with Gasteiger partial charge in [-0.2, -0.15) is 0 Å². The van der Waals surface area contributed by atoms with Crippen LogP contribution in [0.25, 0.3) is 0 Å². The van der Waals surface area contributed by atoms with Crippen LogP contribution >= 0.6 is 0 Å². The molecule has 0 saturated carbocycles. The van der Waals surface area contributed by atoms with E-state index in [1.165, 1.54) is 0 Å². The number of aromatic nitrogens is 2. The molecule has 1 unspecified atom stereocenters. The first-order chi connectivity index (χ1) is 15.0. The summed E-state index contributed by atoms with van der Waals surface area (Å²) >= 11 is 0. The SMILES string of the molecule is CCCN(C(=O)c1ccc(OCc2nccn2C)cc1)C(C)C(=O)Nc1ccccc1. The maximum Gasteiger partial charge on any atom is 0.254 e. The van der Waals surface area contributed by atoms with Crippen LogP contribution in [0.1, 0.15) is 36.5 Å². The van der Waals surface area contributed by atoms with Crippen molar-refractivity contribution in [2.75, 3.05) is 11.9 Å². The number of anilines is 1. The summed E-state index contributed by atoms with van der Waals surface area (Å²) in [5.74, 6) is 1.06. The number of hydrogen-bond donors (Lipinski definition) is 1. The summed E-state index contributed by atoms with van der Waals surface area (Å²) < 4.78 is 7.64. The zero-order chi connectivity index (χ0) is 22.2. The van der Waals surface area contributed by atoms with Crippen LogP contribution in [-0.4, -0.2) is 38.9 Å². The molecule has 0 aliphatic rings. The Balaban J connectivity index is 1.65. The van der Waals surface area contributed by atoms with E-state index in [2.05, 4.69) is 10.3 Å². The predicted molar refractivity (Wildman–Crippen MR) is 120 cm³/mol. The Labute approximate surface area is 182 Å². The Morgan fingerprint density at radius 2 is 1.84 bits per heavy atom. The molecule has 2 aromatic carbocycles. The quantitative estimate of drug-likeness (QED) is 0.570. The molecular weight excluding hydrogens is 392 g/mol. The van der Waals surface area contributed by atoms with Crippen LogP contribution in [0, 0.1) is 0 Å². The van der Waals surface area contributed by atoms with E-state index in [1.54, 1.807) is 42.3 Å². The monoisotopic (exact) mass is 420 g/mol. The second-order valence-electron chi connectivity index (χ2n) is 7.30. The van der Waals surface area contributed by atoms with E-state index in [4.69, 9.17) is 4.74 Å². The van der Waals surface area contributed by atoms with Gasteiger partial charge in [0.1, 0.15) is 24.2 Å². The number of carbonyl (C=O) groups is 2. The Morgan fingerprint density at radius 1 is 1.13 bits per heavy atom. The van der Waals surface area contributed by atoms with Crippen molar-refractivity contribution in [2.45, 2.75) is 32.9 Å². The first kappa shape index (κ1) is 22.1. The summed E-state index contributed by atoms with van der Waals surface area (Å²) in [6.07, 6.45) is 4.33. The predicted octanol–water partition coefficient (Wildman–Crippen LogP) is 3.88. The molecule has 0 radical (unpaired) electrons. The Bertz CT molecular complexity index is 999. The van der Waals surface area contributed by atoms with Gasteiger partial charge in [0.25, 0.3) is 5.91 Å². The van der Waals surface area contributed by atoms with Crippen molar-refractivity contribution >= 4 is 17.5 Å². The van der Waals surface area contributed by atoms with Crippen LogP contribution in [0.3, 0.4) is 0 Å². The minimum atomic E-state index is -0.605. The summed E-state index contributed by atoms with van der Waals surface area (Å²) in [5, 5.41) is 2.87. The van der Waals surface area contributed by atoms with Gasteiger partial charge in [-0.1, -0.05) is 25.1 Å². The summed E-state index contributed by atoms with van der Waals surface area (Å²) in [7, 11) is 1.91. The van der Waals surface area contributed by atoms with Gasteiger partial charge in [-0.3, -0.25) is 9.59 Å². The lowest BCUT2D eigenvalue weighted by Gasteiger charge is -2.28. The highest BCUT2D eigenvalue weighted by atomic mass is 16.5. The number of nitrogens with zero attached hydrogens (tertiary/aromatic N) is 3. The Morgan fingerprint density at radius 3 is 2.45 bits per heavy atom. The van der Waals surface area contributed by atoms with Crippen molar-refractivity contribution in [2.24, 2.45) is 7.05 Å². The van der Waals surface area contributed by atoms with Gasteiger partial charge in [-0.15, -0.1) is 0 Å². The van der Waals surface area contributed by atoms with Crippen molar-refractivity contribution in [1.29, 1.82) is 0 Å². The third-order valence-corrected chi connectivity index (χ3v) is 5.00. The molecular formula is C24H28N4O3. The molecule has 31 heavy (non-hydrogen) atoms. The summed E-state index contributed by atoms with van der Waals surface area (Å²) in [4.78, 5) is 31.7. The van der Waals surface area contributed by atoms with E-state index >= 15 is 0 Å². The molecule has 1 N–H and O–H groups in total. The number of amides is 2. The third kappa shape index (κ3) is 5.72. The summed E-state index contributed by atoms with van der Waals surface area (Å²) in [6.45, 7) is 4.56. The molecule has 0 spiro atoms. The van der Waals surface area contributed by atoms with E-state index in [1.807, 2.05) is 55.1 Å². The van der Waals surface area contributed by atoms with Crippen molar-refractivity contribution in [3.8, 4) is 5.75 Å². The van der Waals surface area contributed by atoms with E-state index in [0.29, 0.717) is 30.2 Å². The highest BCUT2D eigenvalue weighted by Crippen LogP contribution is 2.17. The number of imidazole rings is 1. The van der Waals surface area contributed by atoms with Crippen LogP contribution in [0.5, 0.6) is 5.75 Å². The van der Waals surface area contributed by atoms with Crippen LogP contribution in [0.4, 0.5) is 5.69 Å². The van der Waals surface area contributed by atoms with Crippen LogP contribution in [-0.2, 0) is 18.4 Å². The lowest BCUT2D eigenvalue weighted by Crippen LogP contribution is -2.46. The molecule has 0 aliphatic heterocycles. The maximum atomic E-state index is 13.1.